The zero-order valence-electron chi connectivity index (χ0n) is 18.8. The van der Waals surface area contributed by atoms with Crippen LogP contribution in [0, 0.1) is 0 Å². The molecule has 0 atom stereocenters. The molecule has 0 saturated carbocycles. The molecule has 0 spiro atoms. The summed E-state index contributed by atoms with van der Waals surface area (Å²) in [6.07, 6.45) is 4.73. The molecule has 0 radical (unpaired) electrons. The van der Waals surface area contributed by atoms with Crippen molar-refractivity contribution < 1.29 is 17.6 Å². The monoisotopic (exact) mass is 496 g/mol. The Labute approximate surface area is 201 Å². The maximum Gasteiger partial charge on any atom is 0.419 e. The van der Waals surface area contributed by atoms with Gasteiger partial charge in [-0.15, -0.1) is 0 Å². The second kappa shape index (κ2) is 9.47. The summed E-state index contributed by atoms with van der Waals surface area (Å²) in [5, 5.41) is 6.97. The van der Waals surface area contributed by atoms with Gasteiger partial charge in [0.15, 0.2) is 5.58 Å². The minimum absolute atomic E-state index is 0.0278. The Bertz CT molecular complexity index is 1520. The lowest BCUT2D eigenvalue weighted by Crippen LogP contribution is -2.27. The van der Waals surface area contributed by atoms with Crippen molar-refractivity contribution in [1.29, 1.82) is 0 Å². The number of aryl methyl sites for hydroxylation is 1. The molecule has 1 aliphatic rings. The van der Waals surface area contributed by atoms with Gasteiger partial charge in [0, 0.05) is 37.8 Å². The molecule has 1 N–H and O–H groups in total. The Kier molecular flexibility index (Phi) is 6.22. The number of anilines is 1. The lowest BCUT2D eigenvalue weighted by atomic mass is 10.1. The summed E-state index contributed by atoms with van der Waals surface area (Å²) in [5.41, 5.74) is 2.13. The Morgan fingerprint density at radius 3 is 2.69 bits per heavy atom. The molecule has 2 aromatic heterocycles. The van der Waals surface area contributed by atoms with Crippen LogP contribution in [0.1, 0.15) is 24.8 Å². The molecule has 4 aromatic rings. The standard InChI is InChI=1S/C23H24N6O5S/c30-22(26-19-6-2-1-5-17(19)14-27-16-24-15-25-27)9-12-29-20-8-7-18(13-21(20)34-23(29)31)35(32,33)28-10-3-4-11-28/h1-2,5-8,13,15-16H,3-4,9-12,14H2,(H,26,30). The molecule has 1 fully saturated rings. The van der Waals surface area contributed by atoms with Crippen LogP contribution in [-0.2, 0) is 27.9 Å². The number of hydrogen-bond donors (Lipinski definition) is 1. The Hall–Kier alpha value is -3.77. The zero-order valence-corrected chi connectivity index (χ0v) is 19.6. The van der Waals surface area contributed by atoms with Crippen molar-refractivity contribution >= 4 is 32.7 Å². The van der Waals surface area contributed by atoms with Crippen LogP contribution >= 0.6 is 0 Å². The number of amides is 1. The summed E-state index contributed by atoms with van der Waals surface area (Å²) in [5.74, 6) is -0.916. The average Bonchev–Trinajstić information content (AvgIpc) is 3.60. The van der Waals surface area contributed by atoms with Gasteiger partial charge in [-0.2, -0.15) is 9.40 Å². The molecular formula is C23H24N6O5S. The van der Waals surface area contributed by atoms with E-state index in [9.17, 15) is 18.0 Å². The van der Waals surface area contributed by atoms with Gasteiger partial charge in [-0.3, -0.25) is 9.36 Å². The van der Waals surface area contributed by atoms with Gasteiger partial charge >= 0.3 is 5.76 Å². The summed E-state index contributed by atoms with van der Waals surface area (Å²) >= 11 is 0. The fourth-order valence-corrected chi connectivity index (χ4v) is 5.72. The molecule has 0 aliphatic carbocycles. The SMILES string of the molecule is O=C(CCn1c(=O)oc2cc(S(=O)(=O)N3CCCC3)ccc21)Nc1ccccc1Cn1cncn1. The van der Waals surface area contributed by atoms with Crippen LogP contribution in [0.2, 0.25) is 0 Å². The van der Waals surface area contributed by atoms with Gasteiger partial charge in [0.1, 0.15) is 12.7 Å². The number of oxazole rings is 1. The van der Waals surface area contributed by atoms with E-state index in [1.54, 1.807) is 23.1 Å². The van der Waals surface area contributed by atoms with Gasteiger partial charge in [0.25, 0.3) is 0 Å². The number of fused-ring (bicyclic) bond motifs is 1. The van der Waals surface area contributed by atoms with Crippen LogP contribution < -0.4 is 11.1 Å². The normalized spacial score (nSPS) is 14.5. The predicted octanol–water partition coefficient (Wildman–Crippen LogP) is 2.05. The maximum atomic E-state index is 12.8. The van der Waals surface area contributed by atoms with Crippen LogP contribution in [0.3, 0.4) is 0 Å². The van der Waals surface area contributed by atoms with Crippen molar-refractivity contribution in [3.05, 3.63) is 71.2 Å². The molecule has 35 heavy (non-hydrogen) atoms. The Balaban J connectivity index is 1.29. The first-order valence-corrected chi connectivity index (χ1v) is 12.7. The first kappa shape index (κ1) is 23.0. The summed E-state index contributed by atoms with van der Waals surface area (Å²) in [7, 11) is -3.63. The first-order chi connectivity index (χ1) is 16.9. The van der Waals surface area contributed by atoms with Crippen LogP contribution in [0.15, 0.2) is 69.2 Å². The molecule has 12 heteroatoms. The van der Waals surface area contributed by atoms with Gasteiger partial charge < -0.3 is 9.73 Å². The summed E-state index contributed by atoms with van der Waals surface area (Å²) in [4.78, 5) is 29.1. The van der Waals surface area contributed by atoms with Gasteiger partial charge in [-0.1, -0.05) is 18.2 Å². The van der Waals surface area contributed by atoms with E-state index in [-0.39, 0.29) is 29.4 Å². The number of sulfonamides is 1. The predicted molar refractivity (Wildman–Crippen MR) is 127 cm³/mol. The molecule has 11 nitrogen and oxygen atoms in total. The average molecular weight is 497 g/mol. The van der Waals surface area contributed by atoms with Crippen molar-refractivity contribution in [2.45, 2.75) is 37.2 Å². The van der Waals surface area contributed by atoms with Crippen molar-refractivity contribution in [2.24, 2.45) is 0 Å². The van der Waals surface area contributed by atoms with Gasteiger partial charge in [0.2, 0.25) is 15.9 Å². The molecule has 3 heterocycles. The van der Waals surface area contributed by atoms with Gasteiger partial charge in [0.05, 0.1) is 17.0 Å². The number of para-hydroxylation sites is 1. The third-order valence-electron chi connectivity index (χ3n) is 6.00. The molecular weight excluding hydrogens is 472 g/mol. The second-order valence-electron chi connectivity index (χ2n) is 8.31. The van der Waals surface area contributed by atoms with Crippen LogP contribution in [0.4, 0.5) is 5.69 Å². The molecule has 5 rings (SSSR count). The fraction of sp³-hybridized carbons (Fsp3) is 0.304. The maximum absolute atomic E-state index is 12.8. The number of aromatic nitrogens is 4. The minimum atomic E-state index is -3.63. The van der Waals surface area contributed by atoms with E-state index in [1.807, 2.05) is 18.2 Å². The first-order valence-electron chi connectivity index (χ1n) is 11.3. The van der Waals surface area contributed by atoms with E-state index in [2.05, 4.69) is 15.4 Å². The Morgan fingerprint density at radius 2 is 1.91 bits per heavy atom. The molecule has 182 valence electrons. The molecule has 0 unspecified atom stereocenters. The lowest BCUT2D eigenvalue weighted by molar-refractivity contribution is -0.116. The quantitative estimate of drug-likeness (QED) is 0.395. The van der Waals surface area contributed by atoms with Crippen LogP contribution in [0.25, 0.3) is 11.1 Å². The van der Waals surface area contributed by atoms with Crippen molar-refractivity contribution in [2.75, 3.05) is 18.4 Å². The van der Waals surface area contributed by atoms with Gasteiger partial charge in [-0.05, 0) is 36.6 Å². The van der Waals surface area contributed by atoms with Crippen LogP contribution in [0.5, 0.6) is 0 Å². The molecule has 1 amide bonds. The summed E-state index contributed by atoms with van der Waals surface area (Å²) in [6, 6.07) is 11.8. The number of carbonyl (C=O) groups is 1. The molecule has 1 aliphatic heterocycles. The van der Waals surface area contributed by atoms with Crippen molar-refractivity contribution in [3.63, 3.8) is 0 Å². The molecule has 0 bridgehead atoms. The van der Waals surface area contributed by atoms with Crippen molar-refractivity contribution in [3.8, 4) is 0 Å². The number of nitrogens with zero attached hydrogens (tertiary/aromatic N) is 5. The van der Waals surface area contributed by atoms with E-state index in [0.29, 0.717) is 30.8 Å². The van der Waals surface area contributed by atoms with E-state index in [1.165, 1.54) is 27.3 Å². The van der Waals surface area contributed by atoms with Gasteiger partial charge in [-0.25, -0.2) is 22.9 Å². The highest BCUT2D eigenvalue weighted by molar-refractivity contribution is 7.89. The number of nitrogens with one attached hydrogen (secondary N) is 1. The van der Waals surface area contributed by atoms with E-state index in [0.717, 1.165) is 18.4 Å². The topological polar surface area (TPSA) is 132 Å². The highest BCUT2D eigenvalue weighted by atomic mass is 32.2. The Morgan fingerprint density at radius 1 is 1.11 bits per heavy atom. The van der Waals surface area contributed by atoms with Crippen molar-refractivity contribution in [1.82, 2.24) is 23.6 Å². The highest BCUT2D eigenvalue weighted by Crippen LogP contribution is 2.24. The second-order valence-corrected chi connectivity index (χ2v) is 10.2. The third-order valence-corrected chi connectivity index (χ3v) is 7.89. The van der Waals surface area contributed by atoms with E-state index < -0.39 is 15.8 Å². The minimum Gasteiger partial charge on any atom is -0.408 e. The molecule has 1 saturated heterocycles. The summed E-state index contributed by atoms with van der Waals surface area (Å²) < 4.78 is 35.4. The number of carbonyl (C=O) groups excluding carboxylic acids is 1. The fourth-order valence-electron chi connectivity index (χ4n) is 4.19. The summed E-state index contributed by atoms with van der Waals surface area (Å²) in [6.45, 7) is 1.51. The number of benzene rings is 2. The van der Waals surface area contributed by atoms with Crippen LogP contribution in [-0.4, -0.2) is 51.1 Å². The third kappa shape index (κ3) is 4.75. The lowest BCUT2D eigenvalue weighted by Gasteiger charge is -2.15. The zero-order chi connectivity index (χ0) is 24.4. The number of rotatable bonds is 8. The van der Waals surface area contributed by atoms with E-state index >= 15 is 0 Å². The highest BCUT2D eigenvalue weighted by Gasteiger charge is 2.28. The van der Waals surface area contributed by atoms with E-state index in [4.69, 9.17) is 4.42 Å². The number of hydrogen-bond acceptors (Lipinski definition) is 7. The largest absolute Gasteiger partial charge is 0.419 e. The molecule has 2 aromatic carbocycles. The smallest absolute Gasteiger partial charge is 0.408 e.